The van der Waals surface area contributed by atoms with E-state index >= 15 is 8.78 Å². The van der Waals surface area contributed by atoms with E-state index in [0.717, 1.165) is 24.3 Å². The molecule has 0 bridgehead atoms. The monoisotopic (exact) mass is 722 g/mol. The summed E-state index contributed by atoms with van der Waals surface area (Å²) in [6, 6.07) is 7.38. The van der Waals surface area contributed by atoms with Crippen molar-refractivity contribution in [2.45, 2.75) is 31.6 Å². The number of rotatable bonds is 10. The van der Waals surface area contributed by atoms with Gasteiger partial charge in [-0.05, 0) is 49.2 Å². The smallest absolute Gasteiger partial charge is 0.383 e. The lowest BCUT2D eigenvalue weighted by atomic mass is 9.92. The lowest BCUT2D eigenvalue weighted by Gasteiger charge is -2.38. The molecular weight excluding hydrogens is 687 g/mol. The van der Waals surface area contributed by atoms with Crippen LogP contribution in [0.4, 0.5) is 33.3 Å². The van der Waals surface area contributed by atoms with Crippen LogP contribution in [0.25, 0.3) is 27.7 Å². The molecule has 0 aliphatic carbocycles. The van der Waals surface area contributed by atoms with Crippen molar-refractivity contribution in [1.29, 1.82) is 0 Å². The van der Waals surface area contributed by atoms with Gasteiger partial charge in [0, 0.05) is 62.8 Å². The number of pyridine rings is 1. The normalized spacial score (nSPS) is 15.5. The predicted octanol–water partition coefficient (Wildman–Crippen LogP) is 6.00. The number of anilines is 2. The highest BCUT2D eigenvalue weighted by Gasteiger charge is 2.39. The van der Waals surface area contributed by atoms with E-state index in [-0.39, 0.29) is 41.1 Å². The Bertz CT molecular complexity index is 2230. The summed E-state index contributed by atoms with van der Waals surface area (Å²) in [7, 11) is 3.20. The van der Waals surface area contributed by atoms with Crippen molar-refractivity contribution >= 4 is 39.6 Å². The third-order valence-corrected chi connectivity index (χ3v) is 9.51. The molecule has 5 aromatic rings. The molecule has 52 heavy (non-hydrogen) atoms. The van der Waals surface area contributed by atoms with Crippen LogP contribution in [0.3, 0.4) is 0 Å². The molecule has 272 valence electrons. The maximum Gasteiger partial charge on any atom is 0.417 e. The number of fused-ring (bicyclic) bond motifs is 4. The van der Waals surface area contributed by atoms with Crippen molar-refractivity contribution < 1.29 is 41.0 Å². The van der Waals surface area contributed by atoms with Gasteiger partial charge >= 0.3 is 6.18 Å². The third kappa shape index (κ3) is 6.33. The summed E-state index contributed by atoms with van der Waals surface area (Å²) >= 11 is 0. The second kappa shape index (κ2) is 13.5. The van der Waals surface area contributed by atoms with Gasteiger partial charge < -0.3 is 34.0 Å². The average Bonchev–Trinajstić information content (AvgIpc) is 3.67. The van der Waals surface area contributed by atoms with Crippen LogP contribution in [0, 0.1) is 11.6 Å². The Hall–Kier alpha value is -5.12. The number of carbonyl (C=O) groups excluding carboxylic acids is 2. The first kappa shape index (κ1) is 35.3. The van der Waals surface area contributed by atoms with E-state index in [2.05, 4.69) is 15.6 Å². The Balaban J connectivity index is 1.26. The molecule has 1 amide bonds. The second-order valence-corrected chi connectivity index (χ2v) is 13.3. The highest BCUT2D eigenvalue weighted by molar-refractivity contribution is 6.11. The van der Waals surface area contributed by atoms with Crippen LogP contribution in [-0.2, 0) is 33.4 Å². The van der Waals surface area contributed by atoms with Gasteiger partial charge in [-0.1, -0.05) is 12.1 Å². The first-order chi connectivity index (χ1) is 24.8. The molecule has 0 radical (unpaired) electrons. The van der Waals surface area contributed by atoms with Crippen LogP contribution in [0.1, 0.15) is 34.1 Å². The Labute approximate surface area is 294 Å². The SMILES string of the molecule is COCCn1cnc2c3c(c(C(F)(F)F)cc21)-c1cccn2c(C(=O)c4cc(F)c(NC(=O)/C=C/CNC5(C)COC5)c(F)c4)cc(c12)CCN3C. The number of amides is 1. The lowest BCUT2D eigenvalue weighted by molar-refractivity contribution is -0.137. The maximum absolute atomic E-state index is 15.3. The van der Waals surface area contributed by atoms with E-state index in [1.807, 2.05) is 6.92 Å². The number of halogens is 5. The number of nitrogens with one attached hydrogen (secondary N) is 2. The maximum atomic E-state index is 15.3. The highest BCUT2D eigenvalue weighted by Crippen LogP contribution is 2.48. The van der Waals surface area contributed by atoms with Crippen molar-refractivity contribution in [3.63, 3.8) is 0 Å². The summed E-state index contributed by atoms with van der Waals surface area (Å²) in [5.74, 6) is -3.86. The van der Waals surface area contributed by atoms with E-state index in [1.54, 1.807) is 28.6 Å². The molecule has 1 saturated heterocycles. The Morgan fingerprint density at radius 2 is 1.88 bits per heavy atom. The molecule has 2 aromatic carbocycles. The summed E-state index contributed by atoms with van der Waals surface area (Å²) in [6.07, 6.45) is 1.27. The van der Waals surface area contributed by atoms with E-state index in [0.29, 0.717) is 60.5 Å². The van der Waals surface area contributed by atoms with Gasteiger partial charge in [0.25, 0.3) is 0 Å². The van der Waals surface area contributed by atoms with Gasteiger partial charge in [-0.2, -0.15) is 13.2 Å². The lowest BCUT2D eigenvalue weighted by Crippen LogP contribution is -2.58. The van der Waals surface area contributed by atoms with Crippen LogP contribution < -0.4 is 15.5 Å². The molecule has 0 saturated carbocycles. The van der Waals surface area contributed by atoms with E-state index in [9.17, 15) is 22.8 Å². The molecule has 2 N–H and O–H groups in total. The number of alkyl halides is 3. The second-order valence-electron chi connectivity index (χ2n) is 13.3. The van der Waals surface area contributed by atoms with Crippen LogP contribution in [-0.4, -0.2) is 78.2 Å². The third-order valence-electron chi connectivity index (χ3n) is 9.51. The van der Waals surface area contributed by atoms with Crippen LogP contribution >= 0.6 is 0 Å². The van der Waals surface area contributed by atoms with Crippen molar-refractivity contribution in [3.8, 4) is 11.1 Å². The van der Waals surface area contributed by atoms with Crippen molar-refractivity contribution in [2.75, 3.05) is 57.3 Å². The first-order valence-electron chi connectivity index (χ1n) is 16.6. The predicted molar refractivity (Wildman–Crippen MR) is 185 cm³/mol. The van der Waals surface area contributed by atoms with Gasteiger partial charge in [-0.15, -0.1) is 0 Å². The number of aromatic nitrogens is 3. The first-order valence-corrected chi connectivity index (χ1v) is 16.6. The summed E-state index contributed by atoms with van der Waals surface area (Å²) in [6.45, 7) is 4.23. The zero-order valence-corrected chi connectivity index (χ0v) is 28.5. The molecule has 15 heteroatoms. The largest absolute Gasteiger partial charge is 0.417 e. The van der Waals surface area contributed by atoms with Gasteiger partial charge in [0.15, 0.2) is 0 Å². The summed E-state index contributed by atoms with van der Waals surface area (Å²) in [5, 5.41) is 5.38. The van der Waals surface area contributed by atoms with Crippen molar-refractivity contribution in [3.05, 3.63) is 95.1 Å². The fraction of sp³-hybridized carbons (Fsp3) is 0.324. The van der Waals surface area contributed by atoms with Gasteiger partial charge in [0.2, 0.25) is 11.7 Å². The number of ketones is 1. The molecule has 1 fully saturated rings. The number of hydrogen-bond donors (Lipinski definition) is 2. The average molecular weight is 723 g/mol. The molecule has 2 aliphatic heterocycles. The number of carbonyl (C=O) groups is 2. The molecule has 10 nitrogen and oxygen atoms in total. The molecule has 3 aromatic heterocycles. The minimum Gasteiger partial charge on any atom is -0.383 e. The van der Waals surface area contributed by atoms with Gasteiger partial charge in [0.05, 0.1) is 59.7 Å². The number of likely N-dealkylation sites (N-methyl/N-ethyl adjacent to an activating group) is 1. The topological polar surface area (TPSA) is 102 Å². The number of nitrogens with zero attached hydrogens (tertiary/aromatic N) is 4. The number of hydrogen-bond acceptors (Lipinski definition) is 7. The highest BCUT2D eigenvalue weighted by atomic mass is 19.4. The Morgan fingerprint density at radius 1 is 1.13 bits per heavy atom. The molecule has 0 atom stereocenters. The molecule has 0 spiro atoms. The van der Waals surface area contributed by atoms with Crippen molar-refractivity contribution in [2.24, 2.45) is 0 Å². The number of ether oxygens (including phenoxy) is 2. The Morgan fingerprint density at radius 3 is 2.56 bits per heavy atom. The summed E-state index contributed by atoms with van der Waals surface area (Å²) in [5.41, 5.74) is -0.0339. The fourth-order valence-electron chi connectivity index (χ4n) is 6.84. The summed E-state index contributed by atoms with van der Waals surface area (Å²) < 4.78 is 88.8. The van der Waals surface area contributed by atoms with E-state index < -0.39 is 40.8 Å². The van der Waals surface area contributed by atoms with Crippen LogP contribution in [0.15, 0.2) is 61.1 Å². The van der Waals surface area contributed by atoms with Crippen LogP contribution in [0.2, 0.25) is 0 Å². The van der Waals surface area contributed by atoms with Gasteiger partial charge in [-0.3, -0.25) is 9.59 Å². The minimum absolute atomic E-state index is 0.00742. The number of imidazole rings is 1. The van der Waals surface area contributed by atoms with Gasteiger partial charge in [0.1, 0.15) is 22.8 Å². The quantitative estimate of drug-likeness (QED) is 0.104. The molecule has 7 rings (SSSR count). The molecular formula is C37H35F5N6O4. The number of methoxy groups -OCH3 is 1. The Kier molecular flexibility index (Phi) is 9.13. The molecule has 5 heterocycles. The van der Waals surface area contributed by atoms with Crippen LogP contribution in [0.5, 0.6) is 0 Å². The van der Waals surface area contributed by atoms with E-state index in [1.165, 1.54) is 36.2 Å². The fourth-order valence-corrected chi connectivity index (χ4v) is 6.84. The summed E-state index contributed by atoms with van der Waals surface area (Å²) in [4.78, 5) is 32.6. The van der Waals surface area contributed by atoms with Crippen molar-refractivity contribution in [1.82, 2.24) is 19.3 Å². The minimum atomic E-state index is -4.75. The zero-order valence-electron chi connectivity index (χ0n) is 28.5. The van der Waals surface area contributed by atoms with E-state index in [4.69, 9.17) is 9.47 Å². The number of benzene rings is 2. The molecule has 2 aliphatic rings. The zero-order chi connectivity index (χ0) is 36.9. The van der Waals surface area contributed by atoms with Gasteiger partial charge in [-0.25, -0.2) is 13.8 Å². The standard InChI is InChI=1S/C37H35F5N6O4/c1-36(18-52-19-36)44-9-4-7-29(49)45-31-25(38)14-22(15-26(31)39)35(50)28-16-21-8-11-46(2)34-30(23-6-5-10-48(28)33(21)23)24(37(40,41)42)17-27-32(34)43-20-47(27)12-13-51-3/h4-7,10,14-17,20,44H,8-9,11-13,18-19H2,1-3H3,(H,45,49)/b7-4+. The molecule has 0 unspecified atom stereocenters.